The molecular weight excluding hydrogens is 331 g/mol. The van der Waals surface area contributed by atoms with E-state index in [0.29, 0.717) is 10.0 Å². The molecule has 2 nitrogen and oxygen atoms in total. The van der Waals surface area contributed by atoms with E-state index >= 15 is 0 Å². The fourth-order valence-corrected chi connectivity index (χ4v) is 3.98. The highest BCUT2D eigenvalue weighted by Crippen LogP contribution is 2.33. The zero-order valence-corrected chi connectivity index (χ0v) is 13.4. The minimum atomic E-state index is -0.335. The third-order valence-electron chi connectivity index (χ3n) is 2.86. The molecule has 0 spiro atoms. The average molecular weight is 341 g/mol. The maximum absolute atomic E-state index is 6.26. The molecule has 2 heterocycles. The summed E-state index contributed by atoms with van der Waals surface area (Å²) in [6.07, 6.45) is 0. The lowest BCUT2D eigenvalue weighted by molar-refractivity contribution is 0.859. The topological polar surface area (TPSA) is 38.9 Å². The third-order valence-corrected chi connectivity index (χ3v) is 5.24. The molecule has 2 aromatic heterocycles. The van der Waals surface area contributed by atoms with E-state index in [2.05, 4.69) is 4.98 Å². The smallest absolute Gasteiger partial charge is 0.115 e. The van der Waals surface area contributed by atoms with Crippen LogP contribution in [0.15, 0.2) is 41.1 Å². The first-order valence-corrected chi connectivity index (χ1v) is 8.36. The van der Waals surface area contributed by atoms with Crippen LogP contribution in [0.3, 0.4) is 0 Å². The van der Waals surface area contributed by atoms with Gasteiger partial charge in [0, 0.05) is 15.4 Å². The lowest BCUT2D eigenvalue weighted by Crippen LogP contribution is -2.12. The molecule has 0 saturated carbocycles. The maximum Gasteiger partial charge on any atom is 0.115 e. The fraction of sp³-hybridized carbons (Fsp3) is 0.0714. The maximum atomic E-state index is 6.26. The van der Waals surface area contributed by atoms with Gasteiger partial charge in [-0.3, -0.25) is 0 Å². The summed E-state index contributed by atoms with van der Waals surface area (Å²) in [6, 6.07) is 9.06. The molecule has 1 atom stereocenters. The van der Waals surface area contributed by atoms with Gasteiger partial charge in [0.25, 0.3) is 0 Å². The van der Waals surface area contributed by atoms with Crippen molar-refractivity contribution in [1.82, 2.24) is 4.98 Å². The molecule has 3 rings (SSSR count). The van der Waals surface area contributed by atoms with Crippen LogP contribution in [-0.4, -0.2) is 4.98 Å². The van der Waals surface area contributed by atoms with Crippen molar-refractivity contribution in [2.45, 2.75) is 6.04 Å². The van der Waals surface area contributed by atoms with Crippen molar-refractivity contribution < 1.29 is 0 Å². The van der Waals surface area contributed by atoms with Crippen LogP contribution in [-0.2, 0) is 0 Å². The normalized spacial score (nSPS) is 12.6. The predicted octanol–water partition coefficient (Wildman–Crippen LogP) is 5.23. The molecule has 0 amide bonds. The molecule has 0 radical (unpaired) electrons. The minimum Gasteiger partial charge on any atom is -0.318 e. The second-order valence-corrected chi connectivity index (χ2v) is 6.87. The number of thiophene rings is 1. The second kappa shape index (κ2) is 5.84. The zero-order chi connectivity index (χ0) is 14.1. The quantitative estimate of drug-likeness (QED) is 0.709. The lowest BCUT2D eigenvalue weighted by Gasteiger charge is -2.11. The van der Waals surface area contributed by atoms with Crippen molar-refractivity contribution in [1.29, 1.82) is 0 Å². The number of halogens is 2. The van der Waals surface area contributed by atoms with Crippen molar-refractivity contribution in [3.05, 3.63) is 61.7 Å². The first-order chi connectivity index (χ1) is 9.65. The van der Waals surface area contributed by atoms with Crippen molar-refractivity contribution in [2.24, 2.45) is 5.73 Å². The Morgan fingerprint density at radius 2 is 2.00 bits per heavy atom. The first-order valence-electron chi connectivity index (χ1n) is 5.85. The Morgan fingerprint density at radius 1 is 1.15 bits per heavy atom. The van der Waals surface area contributed by atoms with E-state index in [1.54, 1.807) is 34.8 Å². The highest BCUT2D eigenvalue weighted by atomic mass is 35.5. The number of hydrogen-bond acceptors (Lipinski definition) is 4. The number of thiazole rings is 1. The van der Waals surface area contributed by atoms with Gasteiger partial charge in [0.2, 0.25) is 0 Å². The zero-order valence-electron chi connectivity index (χ0n) is 10.2. The molecule has 102 valence electrons. The molecule has 0 aliphatic heterocycles. The summed E-state index contributed by atoms with van der Waals surface area (Å²) in [5.74, 6) is 0. The number of nitrogens with zero attached hydrogens (tertiary/aromatic N) is 1. The van der Waals surface area contributed by atoms with E-state index < -0.39 is 0 Å². The summed E-state index contributed by atoms with van der Waals surface area (Å²) in [5, 5.41) is 6.06. The Kier molecular flexibility index (Phi) is 4.10. The summed E-state index contributed by atoms with van der Waals surface area (Å²) < 4.78 is 0. The van der Waals surface area contributed by atoms with Gasteiger partial charge >= 0.3 is 0 Å². The van der Waals surface area contributed by atoms with Crippen LogP contribution in [0.25, 0.3) is 10.6 Å². The standard InChI is InChI=1S/C14H10Cl2N2S2/c15-8-3-4-9(10(16)6-8)13(17)14-18-11(7-20-14)12-2-1-5-19-12/h1-7,13H,17H2. The van der Waals surface area contributed by atoms with Crippen LogP contribution in [0.1, 0.15) is 16.6 Å². The van der Waals surface area contributed by atoms with Gasteiger partial charge in [-0.2, -0.15) is 0 Å². The SMILES string of the molecule is NC(c1nc(-c2cccs2)cs1)c1ccc(Cl)cc1Cl. The van der Waals surface area contributed by atoms with E-state index in [1.165, 1.54) is 0 Å². The molecule has 3 aromatic rings. The van der Waals surface area contributed by atoms with Crippen LogP contribution in [0, 0.1) is 0 Å². The molecule has 6 heteroatoms. The van der Waals surface area contributed by atoms with Crippen LogP contribution in [0.2, 0.25) is 10.0 Å². The van der Waals surface area contributed by atoms with Gasteiger partial charge in [0.05, 0.1) is 16.6 Å². The minimum absolute atomic E-state index is 0.335. The Morgan fingerprint density at radius 3 is 2.70 bits per heavy atom. The molecule has 0 bridgehead atoms. The Labute approximate surface area is 134 Å². The monoisotopic (exact) mass is 340 g/mol. The fourth-order valence-electron chi connectivity index (χ4n) is 1.85. The highest BCUT2D eigenvalue weighted by molar-refractivity contribution is 7.14. The third kappa shape index (κ3) is 2.75. The van der Waals surface area contributed by atoms with Gasteiger partial charge in [0.1, 0.15) is 5.01 Å². The van der Waals surface area contributed by atoms with Crippen molar-refractivity contribution in [3.63, 3.8) is 0 Å². The van der Waals surface area contributed by atoms with E-state index in [9.17, 15) is 0 Å². The molecule has 0 aliphatic carbocycles. The van der Waals surface area contributed by atoms with Gasteiger partial charge in [0.15, 0.2) is 0 Å². The number of benzene rings is 1. The van der Waals surface area contributed by atoms with Gasteiger partial charge < -0.3 is 5.73 Å². The summed E-state index contributed by atoms with van der Waals surface area (Å²) >= 11 is 15.3. The second-order valence-electron chi connectivity index (χ2n) is 4.19. The van der Waals surface area contributed by atoms with Crippen LogP contribution < -0.4 is 5.73 Å². The Hall–Kier alpha value is -0.910. The largest absolute Gasteiger partial charge is 0.318 e. The van der Waals surface area contributed by atoms with Crippen LogP contribution >= 0.6 is 45.9 Å². The van der Waals surface area contributed by atoms with Crippen LogP contribution in [0.4, 0.5) is 0 Å². The van der Waals surface area contributed by atoms with Crippen molar-refractivity contribution in [3.8, 4) is 10.6 Å². The van der Waals surface area contributed by atoms with Crippen LogP contribution in [0.5, 0.6) is 0 Å². The molecule has 0 saturated heterocycles. The molecule has 2 N–H and O–H groups in total. The lowest BCUT2D eigenvalue weighted by atomic mass is 10.1. The van der Waals surface area contributed by atoms with E-state index in [0.717, 1.165) is 21.1 Å². The highest BCUT2D eigenvalue weighted by Gasteiger charge is 2.17. The number of nitrogens with two attached hydrogens (primary N) is 1. The molecule has 0 aliphatic rings. The Balaban J connectivity index is 1.93. The van der Waals surface area contributed by atoms with Gasteiger partial charge in [-0.1, -0.05) is 35.3 Å². The Bertz CT molecular complexity index is 723. The van der Waals surface area contributed by atoms with E-state index in [-0.39, 0.29) is 6.04 Å². The molecule has 20 heavy (non-hydrogen) atoms. The van der Waals surface area contributed by atoms with E-state index in [1.807, 2.05) is 29.0 Å². The van der Waals surface area contributed by atoms with Gasteiger partial charge in [-0.15, -0.1) is 22.7 Å². The van der Waals surface area contributed by atoms with Crippen molar-refractivity contribution >= 4 is 45.9 Å². The van der Waals surface area contributed by atoms with Gasteiger partial charge in [-0.05, 0) is 29.1 Å². The first kappa shape index (κ1) is 14.0. The molecular formula is C14H10Cl2N2S2. The summed E-state index contributed by atoms with van der Waals surface area (Å²) in [4.78, 5) is 5.75. The number of aromatic nitrogens is 1. The molecule has 0 fully saturated rings. The molecule has 1 unspecified atom stereocenters. The summed E-state index contributed by atoms with van der Waals surface area (Å²) in [5.41, 5.74) is 8.05. The predicted molar refractivity (Wildman–Crippen MR) is 87.9 cm³/mol. The van der Waals surface area contributed by atoms with Gasteiger partial charge in [-0.25, -0.2) is 4.98 Å². The number of hydrogen-bond donors (Lipinski definition) is 1. The summed E-state index contributed by atoms with van der Waals surface area (Å²) in [6.45, 7) is 0. The average Bonchev–Trinajstić information content (AvgIpc) is 3.09. The van der Waals surface area contributed by atoms with E-state index in [4.69, 9.17) is 28.9 Å². The number of rotatable bonds is 3. The molecule has 1 aromatic carbocycles. The van der Waals surface area contributed by atoms with Crippen molar-refractivity contribution in [2.75, 3.05) is 0 Å². The summed E-state index contributed by atoms with van der Waals surface area (Å²) in [7, 11) is 0.